The van der Waals surface area contributed by atoms with Gasteiger partial charge in [-0.05, 0) is 19.1 Å². The summed E-state index contributed by atoms with van der Waals surface area (Å²) in [6.07, 6.45) is -5.02. The molecule has 0 bridgehead atoms. The Morgan fingerprint density at radius 2 is 2.08 bits per heavy atom. The summed E-state index contributed by atoms with van der Waals surface area (Å²) in [5.41, 5.74) is 1.06. The number of aliphatic hydroxyl groups excluding tert-OH is 3. The van der Waals surface area contributed by atoms with E-state index in [9.17, 15) is 24.9 Å². The van der Waals surface area contributed by atoms with E-state index in [1.807, 2.05) is 0 Å². The second-order valence-electron chi connectivity index (χ2n) is 6.02. The zero-order valence-corrected chi connectivity index (χ0v) is 14.9. The molecule has 1 aliphatic rings. The third-order valence-electron chi connectivity index (χ3n) is 4.19. The molecule has 0 aliphatic carbocycles. The van der Waals surface area contributed by atoms with Crippen LogP contribution in [0.15, 0.2) is 21.3 Å². The van der Waals surface area contributed by atoms with E-state index < -0.39 is 48.1 Å². The summed E-state index contributed by atoms with van der Waals surface area (Å²) in [4.78, 5) is 22.4. The predicted octanol–water partition coefficient (Wildman–Crippen LogP) is -0.515. The molecule has 5 atom stereocenters. The Kier molecular flexibility index (Phi) is 5.30. The maximum absolute atomic E-state index is 11.4. The standard InChI is InChI=1S/C16H19NO8S/c1-6-8(3-4-9-14(6)26-16(22)25-9)23-15-11(17-7(2)19)13(21)12(20)10(5-18)24-15/h3-4,10-13,15,18,20-21H,5H2,1-2H3,(H,17,19)/t10-,11+,12+,13-,15+/m0/s1. The molecule has 2 aromatic rings. The third-order valence-corrected chi connectivity index (χ3v) is 5.15. The monoisotopic (exact) mass is 385 g/mol. The van der Waals surface area contributed by atoms with E-state index in [0.717, 1.165) is 11.3 Å². The van der Waals surface area contributed by atoms with Crippen LogP contribution in [0.2, 0.25) is 0 Å². The summed E-state index contributed by atoms with van der Waals surface area (Å²) in [5, 5.41) is 32.1. The molecular weight excluding hydrogens is 366 g/mol. The van der Waals surface area contributed by atoms with Gasteiger partial charge < -0.3 is 34.5 Å². The van der Waals surface area contributed by atoms with Gasteiger partial charge in [-0.2, -0.15) is 0 Å². The van der Waals surface area contributed by atoms with Gasteiger partial charge >= 0.3 is 4.94 Å². The lowest BCUT2D eigenvalue weighted by Crippen LogP contribution is -2.65. The van der Waals surface area contributed by atoms with E-state index in [0.29, 0.717) is 21.6 Å². The predicted molar refractivity (Wildman–Crippen MR) is 91.1 cm³/mol. The molecule has 1 aromatic heterocycles. The highest BCUT2D eigenvalue weighted by atomic mass is 32.1. The molecule has 3 rings (SSSR count). The molecule has 1 saturated heterocycles. The van der Waals surface area contributed by atoms with Gasteiger partial charge in [-0.15, -0.1) is 0 Å². The quantitative estimate of drug-likeness (QED) is 0.552. The fourth-order valence-electron chi connectivity index (χ4n) is 2.87. The van der Waals surface area contributed by atoms with Crippen LogP contribution in [0.4, 0.5) is 0 Å². The second kappa shape index (κ2) is 7.33. The lowest BCUT2D eigenvalue weighted by atomic mass is 9.97. The molecule has 0 saturated carbocycles. The minimum absolute atomic E-state index is 0.357. The van der Waals surface area contributed by atoms with Crippen LogP contribution in [0.3, 0.4) is 0 Å². The van der Waals surface area contributed by atoms with Gasteiger partial charge in [0.05, 0.1) is 11.3 Å². The highest BCUT2D eigenvalue weighted by Gasteiger charge is 2.46. The number of hydrogen-bond acceptors (Lipinski definition) is 9. The number of carbonyl (C=O) groups excluding carboxylic acids is 1. The zero-order chi connectivity index (χ0) is 19.0. The molecule has 142 valence electrons. The van der Waals surface area contributed by atoms with E-state index >= 15 is 0 Å². The molecule has 2 heterocycles. The van der Waals surface area contributed by atoms with E-state index in [1.165, 1.54) is 6.92 Å². The number of fused-ring (bicyclic) bond motifs is 1. The molecule has 1 fully saturated rings. The highest BCUT2D eigenvalue weighted by molar-refractivity contribution is 7.16. The first-order valence-corrected chi connectivity index (χ1v) is 8.73. The summed E-state index contributed by atoms with van der Waals surface area (Å²) in [6.45, 7) is 2.45. The van der Waals surface area contributed by atoms with Crippen molar-refractivity contribution < 1.29 is 34.0 Å². The van der Waals surface area contributed by atoms with Crippen molar-refractivity contribution in [1.29, 1.82) is 0 Å². The number of nitrogens with one attached hydrogen (secondary N) is 1. The van der Waals surface area contributed by atoms with Gasteiger partial charge in [0.15, 0.2) is 0 Å². The summed E-state index contributed by atoms with van der Waals surface area (Å²) >= 11 is 0.930. The number of amides is 1. The van der Waals surface area contributed by atoms with Gasteiger partial charge in [-0.1, -0.05) is 11.3 Å². The zero-order valence-electron chi connectivity index (χ0n) is 14.0. The number of rotatable bonds is 4. The summed E-state index contributed by atoms with van der Waals surface area (Å²) in [5.74, 6) is -0.0868. The van der Waals surface area contributed by atoms with Gasteiger partial charge in [-0.3, -0.25) is 4.79 Å². The van der Waals surface area contributed by atoms with E-state index in [-0.39, 0.29) is 0 Å². The van der Waals surface area contributed by atoms with Crippen molar-refractivity contribution in [2.45, 2.75) is 44.5 Å². The van der Waals surface area contributed by atoms with Crippen molar-refractivity contribution in [3.05, 3.63) is 27.4 Å². The SMILES string of the molecule is CC(=O)N[C@H]1[C@H](Oc2ccc3oc(=O)sc3c2C)O[C@@H](CO)[C@@H](O)[C@H]1O. The molecule has 1 aromatic carbocycles. The average Bonchev–Trinajstić information content (AvgIpc) is 2.97. The molecule has 26 heavy (non-hydrogen) atoms. The molecule has 9 nitrogen and oxygen atoms in total. The van der Waals surface area contributed by atoms with Crippen molar-refractivity contribution in [1.82, 2.24) is 5.32 Å². The Hall–Kier alpha value is -1.98. The fraction of sp³-hybridized carbons (Fsp3) is 0.500. The number of hydrogen-bond donors (Lipinski definition) is 4. The maximum Gasteiger partial charge on any atom is 0.396 e. The summed E-state index contributed by atoms with van der Waals surface area (Å²) in [7, 11) is 0. The van der Waals surface area contributed by atoms with Crippen molar-refractivity contribution in [2.24, 2.45) is 0 Å². The summed E-state index contributed by atoms with van der Waals surface area (Å²) in [6, 6.07) is 2.09. The molecule has 4 N–H and O–H groups in total. The van der Waals surface area contributed by atoms with E-state index in [4.69, 9.17) is 13.9 Å². The van der Waals surface area contributed by atoms with Gasteiger partial charge in [0.1, 0.15) is 35.7 Å². The smallest absolute Gasteiger partial charge is 0.396 e. The van der Waals surface area contributed by atoms with Crippen LogP contribution in [0.5, 0.6) is 5.75 Å². The van der Waals surface area contributed by atoms with Crippen LogP contribution >= 0.6 is 11.3 Å². The second-order valence-corrected chi connectivity index (χ2v) is 6.97. The van der Waals surface area contributed by atoms with Crippen molar-refractivity contribution in [2.75, 3.05) is 6.61 Å². The van der Waals surface area contributed by atoms with Gasteiger partial charge in [0.25, 0.3) is 0 Å². The number of carbonyl (C=O) groups is 1. The lowest BCUT2D eigenvalue weighted by Gasteiger charge is -2.42. The van der Waals surface area contributed by atoms with Crippen molar-refractivity contribution >= 4 is 27.5 Å². The molecule has 10 heteroatoms. The van der Waals surface area contributed by atoms with Crippen LogP contribution in [0.25, 0.3) is 10.3 Å². The highest BCUT2D eigenvalue weighted by Crippen LogP contribution is 2.32. The first kappa shape index (κ1) is 18.8. The Labute approximate surface area is 151 Å². The minimum Gasteiger partial charge on any atom is -0.462 e. The normalized spacial score (nSPS) is 28.9. The number of ether oxygens (including phenoxy) is 2. The number of aryl methyl sites for hydroxylation is 1. The maximum atomic E-state index is 11.4. The Balaban J connectivity index is 1.93. The van der Waals surface area contributed by atoms with Crippen LogP contribution in [-0.2, 0) is 9.53 Å². The number of aliphatic hydroxyl groups is 3. The Bertz CT molecular complexity index is 862. The lowest BCUT2D eigenvalue weighted by molar-refractivity contribution is -0.244. The van der Waals surface area contributed by atoms with E-state index in [1.54, 1.807) is 19.1 Å². The van der Waals surface area contributed by atoms with Crippen LogP contribution in [0, 0.1) is 6.92 Å². The molecule has 0 radical (unpaired) electrons. The molecule has 0 spiro atoms. The topological polar surface area (TPSA) is 138 Å². The van der Waals surface area contributed by atoms with Gasteiger partial charge in [0.2, 0.25) is 12.2 Å². The average molecular weight is 385 g/mol. The van der Waals surface area contributed by atoms with Gasteiger partial charge in [0, 0.05) is 12.5 Å². The fourth-order valence-corrected chi connectivity index (χ4v) is 3.64. The van der Waals surface area contributed by atoms with Crippen LogP contribution in [0.1, 0.15) is 12.5 Å². The van der Waals surface area contributed by atoms with E-state index in [2.05, 4.69) is 5.32 Å². The van der Waals surface area contributed by atoms with Crippen molar-refractivity contribution in [3.8, 4) is 5.75 Å². The van der Waals surface area contributed by atoms with Crippen LogP contribution < -0.4 is 15.0 Å². The van der Waals surface area contributed by atoms with Gasteiger partial charge in [-0.25, -0.2) is 4.79 Å². The molecule has 1 amide bonds. The molecule has 0 unspecified atom stereocenters. The Morgan fingerprint density at radius 3 is 2.73 bits per heavy atom. The first-order valence-electron chi connectivity index (χ1n) is 7.91. The van der Waals surface area contributed by atoms with Crippen molar-refractivity contribution in [3.63, 3.8) is 0 Å². The largest absolute Gasteiger partial charge is 0.462 e. The summed E-state index contributed by atoms with van der Waals surface area (Å²) < 4.78 is 17.0. The number of benzene rings is 1. The minimum atomic E-state index is -1.40. The molecular formula is C16H19NO8S. The van der Waals surface area contributed by atoms with Crippen LogP contribution in [-0.4, -0.2) is 58.5 Å². The molecule has 1 aliphatic heterocycles. The Morgan fingerprint density at radius 1 is 1.35 bits per heavy atom. The first-order chi connectivity index (χ1) is 12.3. The third kappa shape index (κ3) is 3.46.